The van der Waals surface area contributed by atoms with Crippen LogP contribution < -0.4 is 20.1 Å². The van der Waals surface area contributed by atoms with Crippen molar-refractivity contribution in [1.29, 1.82) is 0 Å². The van der Waals surface area contributed by atoms with Crippen molar-refractivity contribution < 1.29 is 9.47 Å². The summed E-state index contributed by atoms with van der Waals surface area (Å²) in [6.07, 6.45) is 1.98. The minimum Gasteiger partial charge on any atom is -0.497 e. The van der Waals surface area contributed by atoms with Crippen molar-refractivity contribution in [2.45, 2.75) is 12.8 Å². The van der Waals surface area contributed by atoms with Crippen LogP contribution in [0.1, 0.15) is 12.0 Å². The summed E-state index contributed by atoms with van der Waals surface area (Å²) in [7, 11) is 3.33. The SMILES string of the molecule is COc1ccc(NC(=S)NCCCc2cccc(OC)c2)cc1. The van der Waals surface area contributed by atoms with Crippen molar-refractivity contribution in [3.05, 3.63) is 54.1 Å². The molecule has 0 fully saturated rings. The molecule has 0 spiro atoms. The van der Waals surface area contributed by atoms with Crippen LogP contribution in [-0.2, 0) is 6.42 Å². The molecule has 0 radical (unpaired) electrons. The molecule has 0 saturated heterocycles. The molecule has 0 unspecified atom stereocenters. The van der Waals surface area contributed by atoms with E-state index in [0.29, 0.717) is 5.11 Å². The van der Waals surface area contributed by atoms with Crippen molar-refractivity contribution in [2.24, 2.45) is 0 Å². The Morgan fingerprint density at radius 2 is 1.74 bits per heavy atom. The van der Waals surface area contributed by atoms with Gasteiger partial charge in [0.2, 0.25) is 0 Å². The molecule has 0 aliphatic rings. The van der Waals surface area contributed by atoms with E-state index in [1.54, 1.807) is 14.2 Å². The number of rotatable bonds is 7. The maximum atomic E-state index is 5.29. The van der Waals surface area contributed by atoms with Gasteiger partial charge < -0.3 is 20.1 Å². The van der Waals surface area contributed by atoms with Gasteiger partial charge in [0.1, 0.15) is 11.5 Å². The molecule has 0 saturated carbocycles. The molecule has 0 aromatic heterocycles. The van der Waals surface area contributed by atoms with Crippen molar-refractivity contribution in [3.8, 4) is 11.5 Å². The van der Waals surface area contributed by atoms with Crippen LogP contribution in [0.15, 0.2) is 48.5 Å². The largest absolute Gasteiger partial charge is 0.497 e. The van der Waals surface area contributed by atoms with Crippen LogP contribution in [0.2, 0.25) is 0 Å². The summed E-state index contributed by atoms with van der Waals surface area (Å²) in [6, 6.07) is 15.8. The average Bonchev–Trinajstić information content (AvgIpc) is 2.59. The van der Waals surface area contributed by atoms with E-state index in [1.807, 2.05) is 36.4 Å². The summed E-state index contributed by atoms with van der Waals surface area (Å²) in [5.41, 5.74) is 2.20. The summed E-state index contributed by atoms with van der Waals surface area (Å²) in [5, 5.41) is 7.00. The first-order valence-corrected chi connectivity index (χ1v) is 7.94. The number of nitrogens with one attached hydrogen (secondary N) is 2. The highest BCUT2D eigenvalue weighted by molar-refractivity contribution is 7.80. The van der Waals surface area contributed by atoms with Gasteiger partial charge in [-0.3, -0.25) is 0 Å². The van der Waals surface area contributed by atoms with Gasteiger partial charge in [-0.05, 0) is 67.0 Å². The zero-order valence-electron chi connectivity index (χ0n) is 13.5. The molecule has 122 valence electrons. The van der Waals surface area contributed by atoms with Crippen LogP contribution in [-0.4, -0.2) is 25.9 Å². The summed E-state index contributed by atoms with van der Waals surface area (Å²) in [6.45, 7) is 0.819. The van der Waals surface area contributed by atoms with Crippen molar-refractivity contribution in [2.75, 3.05) is 26.1 Å². The third kappa shape index (κ3) is 5.79. The van der Waals surface area contributed by atoms with Gasteiger partial charge in [0, 0.05) is 12.2 Å². The maximum Gasteiger partial charge on any atom is 0.170 e. The average molecular weight is 330 g/mol. The Bertz CT molecular complexity index is 629. The predicted octanol–water partition coefficient (Wildman–Crippen LogP) is 3.62. The van der Waals surface area contributed by atoms with Gasteiger partial charge in [-0.25, -0.2) is 0 Å². The van der Waals surface area contributed by atoms with E-state index in [0.717, 1.165) is 36.6 Å². The smallest absolute Gasteiger partial charge is 0.170 e. The molecule has 0 aliphatic heterocycles. The standard InChI is InChI=1S/C18H22N2O2S/c1-21-16-10-8-15(9-11-16)20-18(23)19-12-4-6-14-5-3-7-17(13-14)22-2/h3,5,7-11,13H,4,6,12H2,1-2H3,(H2,19,20,23). The Morgan fingerprint density at radius 1 is 1.00 bits per heavy atom. The Labute approximate surface area is 142 Å². The van der Waals surface area contributed by atoms with Gasteiger partial charge in [-0.1, -0.05) is 12.1 Å². The van der Waals surface area contributed by atoms with Gasteiger partial charge in [-0.15, -0.1) is 0 Å². The molecule has 0 atom stereocenters. The monoisotopic (exact) mass is 330 g/mol. The van der Waals surface area contributed by atoms with Gasteiger partial charge in [0.25, 0.3) is 0 Å². The number of ether oxygens (including phenoxy) is 2. The zero-order chi connectivity index (χ0) is 16.5. The zero-order valence-corrected chi connectivity index (χ0v) is 14.3. The van der Waals surface area contributed by atoms with E-state index in [4.69, 9.17) is 21.7 Å². The lowest BCUT2D eigenvalue weighted by Crippen LogP contribution is -2.29. The molecule has 2 aromatic carbocycles. The topological polar surface area (TPSA) is 42.5 Å². The Hall–Kier alpha value is -2.27. The predicted molar refractivity (Wildman–Crippen MR) is 98.5 cm³/mol. The lowest BCUT2D eigenvalue weighted by molar-refractivity contribution is 0.414. The number of hydrogen-bond acceptors (Lipinski definition) is 3. The molecule has 0 bridgehead atoms. The van der Waals surface area contributed by atoms with Crippen molar-refractivity contribution in [3.63, 3.8) is 0 Å². The molecule has 2 rings (SSSR count). The number of hydrogen-bond donors (Lipinski definition) is 2. The molecule has 0 aliphatic carbocycles. The number of thiocarbonyl (C=S) groups is 1. The van der Waals surface area contributed by atoms with Gasteiger partial charge in [0.05, 0.1) is 14.2 Å². The number of methoxy groups -OCH3 is 2. The first kappa shape index (κ1) is 17.1. The molecule has 4 nitrogen and oxygen atoms in total. The highest BCUT2D eigenvalue weighted by atomic mass is 32.1. The molecule has 2 aromatic rings. The van der Waals surface area contributed by atoms with E-state index < -0.39 is 0 Å². The molecule has 0 amide bonds. The maximum absolute atomic E-state index is 5.29. The second-order valence-corrected chi connectivity index (χ2v) is 5.47. The highest BCUT2D eigenvalue weighted by Crippen LogP contribution is 2.15. The fraction of sp³-hybridized carbons (Fsp3) is 0.278. The van der Waals surface area contributed by atoms with E-state index >= 15 is 0 Å². The van der Waals surface area contributed by atoms with Crippen LogP contribution in [0.4, 0.5) is 5.69 Å². The van der Waals surface area contributed by atoms with Crippen molar-refractivity contribution >= 4 is 23.0 Å². The molecule has 2 N–H and O–H groups in total. The summed E-state index contributed by atoms with van der Waals surface area (Å²) in [4.78, 5) is 0. The Balaban J connectivity index is 1.69. The number of benzene rings is 2. The summed E-state index contributed by atoms with van der Waals surface area (Å²) in [5.74, 6) is 1.72. The number of anilines is 1. The first-order chi connectivity index (χ1) is 11.2. The minimum absolute atomic E-state index is 0.626. The van der Waals surface area contributed by atoms with E-state index in [9.17, 15) is 0 Å². The number of aryl methyl sites for hydroxylation is 1. The fourth-order valence-corrected chi connectivity index (χ4v) is 2.39. The third-order valence-corrected chi connectivity index (χ3v) is 3.66. The van der Waals surface area contributed by atoms with Crippen LogP contribution in [0.3, 0.4) is 0 Å². The molecule has 23 heavy (non-hydrogen) atoms. The molecular formula is C18H22N2O2S. The molecule has 5 heteroatoms. The van der Waals surface area contributed by atoms with Crippen LogP contribution in [0.25, 0.3) is 0 Å². The first-order valence-electron chi connectivity index (χ1n) is 7.53. The fourth-order valence-electron chi connectivity index (χ4n) is 2.17. The Kier molecular flexibility index (Phi) is 6.69. The second kappa shape index (κ2) is 9.00. The van der Waals surface area contributed by atoms with E-state index in [1.165, 1.54) is 5.56 Å². The lowest BCUT2D eigenvalue weighted by Gasteiger charge is -2.11. The second-order valence-electron chi connectivity index (χ2n) is 5.06. The third-order valence-electron chi connectivity index (χ3n) is 3.41. The minimum atomic E-state index is 0.626. The molecular weight excluding hydrogens is 308 g/mol. The summed E-state index contributed by atoms with van der Waals surface area (Å²) >= 11 is 5.29. The van der Waals surface area contributed by atoms with E-state index in [-0.39, 0.29) is 0 Å². The van der Waals surface area contributed by atoms with Crippen LogP contribution in [0.5, 0.6) is 11.5 Å². The lowest BCUT2D eigenvalue weighted by atomic mass is 10.1. The normalized spacial score (nSPS) is 10.0. The van der Waals surface area contributed by atoms with E-state index in [2.05, 4.69) is 22.8 Å². The van der Waals surface area contributed by atoms with Gasteiger partial charge >= 0.3 is 0 Å². The molecule has 0 heterocycles. The quantitative estimate of drug-likeness (QED) is 0.599. The summed E-state index contributed by atoms with van der Waals surface area (Å²) < 4.78 is 10.4. The van der Waals surface area contributed by atoms with Crippen LogP contribution in [0, 0.1) is 0 Å². The highest BCUT2D eigenvalue weighted by Gasteiger charge is 1.99. The van der Waals surface area contributed by atoms with Crippen LogP contribution >= 0.6 is 12.2 Å². The van der Waals surface area contributed by atoms with Gasteiger partial charge in [-0.2, -0.15) is 0 Å². The van der Waals surface area contributed by atoms with Gasteiger partial charge in [0.15, 0.2) is 5.11 Å². The van der Waals surface area contributed by atoms with Crippen molar-refractivity contribution in [1.82, 2.24) is 5.32 Å². The Morgan fingerprint density at radius 3 is 2.43 bits per heavy atom.